The van der Waals surface area contributed by atoms with Crippen LogP contribution >= 0.6 is 0 Å². The number of hydrogen-bond donors (Lipinski definition) is 1. The number of carboxylic acid groups (broad SMARTS) is 1. The van der Waals surface area contributed by atoms with Crippen LogP contribution in [0.1, 0.15) is 244 Å². The Kier molecular flexibility index (Phi) is 30.4. The predicted octanol–water partition coefficient (Wildman–Crippen LogP) is 15.2. The SMILES string of the molecule is CCCC(CCCCCCCCCCCCCC1CC(C)O1)OC(CCC)CCCCCCCCCCCCCC1CC(C)O1.O=C(O)c1ccccc1. The van der Waals surface area contributed by atoms with Gasteiger partial charge in [-0.15, -0.1) is 0 Å². The minimum atomic E-state index is -0.879. The third-order valence-electron chi connectivity index (χ3n) is 11.8. The third-order valence-corrected chi connectivity index (χ3v) is 11.8. The van der Waals surface area contributed by atoms with Crippen LogP contribution in [0.25, 0.3) is 0 Å². The molecule has 2 aliphatic rings. The zero-order chi connectivity index (χ0) is 38.9. The Hall–Kier alpha value is -1.43. The van der Waals surface area contributed by atoms with Gasteiger partial charge >= 0.3 is 5.97 Å². The van der Waals surface area contributed by atoms with Crippen molar-refractivity contribution in [3.8, 4) is 0 Å². The van der Waals surface area contributed by atoms with Crippen molar-refractivity contribution in [2.45, 2.75) is 270 Å². The smallest absolute Gasteiger partial charge is 0.335 e. The molecule has 0 saturated carbocycles. The monoisotopic (exact) mass is 757 g/mol. The number of hydrogen-bond acceptors (Lipinski definition) is 4. The molecule has 5 nitrogen and oxygen atoms in total. The van der Waals surface area contributed by atoms with E-state index in [1.54, 1.807) is 30.3 Å². The van der Waals surface area contributed by atoms with Crippen molar-refractivity contribution >= 4 is 5.97 Å². The zero-order valence-corrected chi connectivity index (χ0v) is 36.1. The molecule has 2 saturated heterocycles. The first kappa shape index (κ1) is 48.7. The van der Waals surface area contributed by atoms with E-state index in [1.807, 2.05) is 0 Å². The van der Waals surface area contributed by atoms with Gasteiger partial charge in [0.1, 0.15) is 0 Å². The van der Waals surface area contributed by atoms with Crippen molar-refractivity contribution in [1.29, 1.82) is 0 Å². The van der Waals surface area contributed by atoms with Gasteiger partial charge in [-0.3, -0.25) is 0 Å². The lowest BCUT2D eigenvalue weighted by Gasteiger charge is -2.33. The summed E-state index contributed by atoms with van der Waals surface area (Å²) >= 11 is 0. The summed E-state index contributed by atoms with van der Waals surface area (Å²) in [5, 5.41) is 8.38. The first-order valence-corrected chi connectivity index (χ1v) is 23.7. The van der Waals surface area contributed by atoms with Gasteiger partial charge in [0.2, 0.25) is 0 Å². The van der Waals surface area contributed by atoms with Crippen LogP contribution in [0.2, 0.25) is 0 Å². The Bertz CT molecular complexity index is 904. The zero-order valence-electron chi connectivity index (χ0n) is 36.1. The largest absolute Gasteiger partial charge is 0.478 e. The highest BCUT2D eigenvalue weighted by molar-refractivity contribution is 5.87. The lowest BCUT2D eigenvalue weighted by molar-refractivity contribution is -0.117. The van der Waals surface area contributed by atoms with Gasteiger partial charge < -0.3 is 19.3 Å². The van der Waals surface area contributed by atoms with Crippen LogP contribution in [0.3, 0.4) is 0 Å². The minimum absolute atomic E-state index is 0.331. The molecule has 0 amide bonds. The third kappa shape index (κ3) is 26.4. The van der Waals surface area contributed by atoms with Crippen molar-refractivity contribution in [2.75, 3.05) is 0 Å². The minimum Gasteiger partial charge on any atom is -0.478 e. The van der Waals surface area contributed by atoms with E-state index in [4.69, 9.17) is 19.3 Å². The van der Waals surface area contributed by atoms with E-state index >= 15 is 0 Å². The molecule has 2 aliphatic heterocycles. The molecular formula is C49H88O5. The predicted molar refractivity (Wildman–Crippen MR) is 230 cm³/mol. The van der Waals surface area contributed by atoms with Gasteiger partial charge in [0.05, 0.1) is 42.2 Å². The number of benzene rings is 1. The lowest BCUT2D eigenvalue weighted by Crippen LogP contribution is -2.34. The number of unbranched alkanes of at least 4 members (excludes halogenated alkanes) is 20. The van der Waals surface area contributed by atoms with Crippen LogP contribution in [-0.2, 0) is 14.2 Å². The number of carbonyl (C=O) groups is 1. The van der Waals surface area contributed by atoms with E-state index in [0.717, 1.165) is 0 Å². The van der Waals surface area contributed by atoms with Gasteiger partial charge in [0.25, 0.3) is 0 Å². The molecule has 6 atom stereocenters. The Morgan fingerprint density at radius 2 is 0.870 bits per heavy atom. The summed E-state index contributed by atoms with van der Waals surface area (Å²) in [5.74, 6) is -0.879. The molecule has 1 aromatic rings. The van der Waals surface area contributed by atoms with Crippen molar-refractivity contribution in [2.24, 2.45) is 0 Å². The van der Waals surface area contributed by atoms with Gasteiger partial charge in [0.15, 0.2) is 0 Å². The summed E-state index contributed by atoms with van der Waals surface area (Å²) in [5.41, 5.74) is 0.331. The second-order valence-corrected chi connectivity index (χ2v) is 17.2. The van der Waals surface area contributed by atoms with E-state index in [-0.39, 0.29) is 0 Å². The fraction of sp³-hybridized carbons (Fsp3) is 0.857. The molecule has 2 fully saturated rings. The number of rotatable bonds is 35. The van der Waals surface area contributed by atoms with Crippen LogP contribution in [-0.4, -0.2) is 47.7 Å². The van der Waals surface area contributed by atoms with E-state index in [1.165, 1.54) is 205 Å². The molecule has 5 heteroatoms. The van der Waals surface area contributed by atoms with Crippen molar-refractivity contribution < 1.29 is 24.1 Å². The highest BCUT2D eigenvalue weighted by Crippen LogP contribution is 2.26. The summed E-state index contributed by atoms with van der Waals surface area (Å²) in [6.07, 6.45) is 47.2. The second kappa shape index (κ2) is 33.7. The van der Waals surface area contributed by atoms with Crippen LogP contribution in [0.5, 0.6) is 0 Å². The average Bonchev–Trinajstić information content (AvgIpc) is 3.14. The lowest BCUT2D eigenvalue weighted by atomic mass is 9.99. The Morgan fingerprint density at radius 3 is 1.15 bits per heavy atom. The molecule has 6 unspecified atom stereocenters. The van der Waals surface area contributed by atoms with Gasteiger partial charge in [0, 0.05) is 0 Å². The second-order valence-electron chi connectivity index (χ2n) is 17.2. The molecule has 2 heterocycles. The summed E-state index contributed by atoms with van der Waals surface area (Å²) in [6.45, 7) is 9.05. The molecule has 1 N–H and O–H groups in total. The molecular weight excluding hydrogens is 669 g/mol. The summed E-state index contributed by atoms with van der Waals surface area (Å²) in [7, 11) is 0. The molecule has 1 aromatic carbocycles. The van der Waals surface area contributed by atoms with Crippen LogP contribution in [0.4, 0.5) is 0 Å². The van der Waals surface area contributed by atoms with Crippen molar-refractivity contribution in [3.05, 3.63) is 35.9 Å². The first-order valence-electron chi connectivity index (χ1n) is 23.7. The standard InChI is InChI=1S/C42H82O3.C7H6O2/c1-5-29-39(31-25-21-17-13-9-7-11-15-19-23-27-33-41-35-37(3)43-41)45-40(30-6-2)32-26-22-18-14-10-8-12-16-20-24-28-34-42-36-38(4)44-42;8-7(9)6-4-2-1-3-5-6/h37-42H,5-36H2,1-4H3;1-5H,(H,8,9). The van der Waals surface area contributed by atoms with Crippen molar-refractivity contribution in [1.82, 2.24) is 0 Å². The van der Waals surface area contributed by atoms with E-state index < -0.39 is 5.97 Å². The molecule has 0 aromatic heterocycles. The van der Waals surface area contributed by atoms with Gasteiger partial charge in [-0.25, -0.2) is 4.79 Å². The van der Waals surface area contributed by atoms with Crippen molar-refractivity contribution in [3.63, 3.8) is 0 Å². The topological polar surface area (TPSA) is 65.0 Å². The molecule has 0 bridgehead atoms. The molecule has 0 aliphatic carbocycles. The fourth-order valence-corrected chi connectivity index (χ4v) is 8.47. The Labute approximate surface area is 334 Å². The van der Waals surface area contributed by atoms with Gasteiger partial charge in [-0.1, -0.05) is 186 Å². The number of aromatic carboxylic acids is 1. The van der Waals surface area contributed by atoms with Crippen LogP contribution < -0.4 is 0 Å². The summed E-state index contributed by atoms with van der Waals surface area (Å²) in [4.78, 5) is 10.2. The maximum Gasteiger partial charge on any atom is 0.335 e. The molecule has 3 rings (SSSR count). The number of carboxylic acids is 1. The highest BCUT2D eigenvalue weighted by atomic mass is 16.5. The quantitative estimate of drug-likeness (QED) is 0.0699. The highest BCUT2D eigenvalue weighted by Gasteiger charge is 2.25. The van der Waals surface area contributed by atoms with E-state index in [2.05, 4.69) is 27.7 Å². The molecule has 0 spiro atoms. The fourth-order valence-electron chi connectivity index (χ4n) is 8.47. The van der Waals surface area contributed by atoms with Crippen LogP contribution in [0.15, 0.2) is 30.3 Å². The van der Waals surface area contributed by atoms with E-state index in [9.17, 15) is 4.79 Å². The van der Waals surface area contributed by atoms with E-state index in [0.29, 0.717) is 42.2 Å². The summed E-state index contributed by atoms with van der Waals surface area (Å²) < 4.78 is 18.2. The number of ether oxygens (including phenoxy) is 3. The normalized spacial score (nSPS) is 20.4. The Morgan fingerprint density at radius 1 is 0.556 bits per heavy atom. The van der Waals surface area contributed by atoms with Gasteiger partial charge in [-0.05, 0) is 77.3 Å². The van der Waals surface area contributed by atoms with Gasteiger partial charge in [-0.2, -0.15) is 0 Å². The maximum absolute atomic E-state index is 10.2. The Balaban J connectivity index is 0.000000974. The molecule has 54 heavy (non-hydrogen) atoms. The maximum atomic E-state index is 10.2. The first-order chi connectivity index (χ1) is 26.4. The molecule has 314 valence electrons. The average molecular weight is 757 g/mol. The summed E-state index contributed by atoms with van der Waals surface area (Å²) in [6, 6.07) is 8.30. The van der Waals surface area contributed by atoms with Crippen LogP contribution in [0, 0.1) is 0 Å². The molecule has 0 radical (unpaired) electrons.